The van der Waals surface area contributed by atoms with Gasteiger partial charge in [-0.2, -0.15) is 9.82 Å². The lowest BCUT2D eigenvalue weighted by molar-refractivity contribution is -0.119. The highest BCUT2D eigenvalue weighted by molar-refractivity contribution is 7.89. The van der Waals surface area contributed by atoms with Gasteiger partial charge in [0.05, 0.1) is 12.4 Å². The SMILES string of the molecule is CN(C(=O)[C@H](Cc1ccccc1)NS(=O)(=O)c1cnn(-c2ccccc2F)c1)c1ccccc1. The summed E-state index contributed by atoms with van der Waals surface area (Å²) in [6.07, 6.45) is 2.49. The van der Waals surface area contributed by atoms with Crippen molar-refractivity contribution in [3.63, 3.8) is 0 Å². The van der Waals surface area contributed by atoms with E-state index in [1.165, 1.54) is 29.3 Å². The van der Waals surface area contributed by atoms with Gasteiger partial charge in [-0.25, -0.2) is 17.5 Å². The number of sulfonamides is 1. The van der Waals surface area contributed by atoms with Crippen LogP contribution in [0.25, 0.3) is 5.69 Å². The van der Waals surface area contributed by atoms with E-state index in [0.717, 1.165) is 16.4 Å². The molecule has 174 valence electrons. The number of rotatable bonds is 8. The van der Waals surface area contributed by atoms with Crippen molar-refractivity contribution < 1.29 is 17.6 Å². The molecule has 0 aliphatic heterocycles. The second kappa shape index (κ2) is 9.98. The molecule has 0 saturated heterocycles. The number of nitrogens with one attached hydrogen (secondary N) is 1. The van der Waals surface area contributed by atoms with Crippen molar-refractivity contribution in [2.24, 2.45) is 0 Å². The number of hydrogen-bond donors (Lipinski definition) is 1. The molecule has 0 unspecified atom stereocenters. The number of carbonyl (C=O) groups is 1. The van der Waals surface area contributed by atoms with Gasteiger partial charge in [-0.1, -0.05) is 60.7 Å². The van der Waals surface area contributed by atoms with Crippen LogP contribution in [0, 0.1) is 5.82 Å². The Hall–Kier alpha value is -3.82. The van der Waals surface area contributed by atoms with Crippen LogP contribution in [-0.4, -0.2) is 37.2 Å². The second-order valence-corrected chi connectivity index (χ2v) is 9.38. The molecular weight excluding hydrogens is 455 g/mol. The van der Waals surface area contributed by atoms with E-state index in [1.54, 1.807) is 37.4 Å². The molecule has 0 spiro atoms. The average molecular weight is 479 g/mol. The fourth-order valence-corrected chi connectivity index (χ4v) is 4.63. The summed E-state index contributed by atoms with van der Waals surface area (Å²) in [6.45, 7) is 0. The molecule has 1 aromatic heterocycles. The van der Waals surface area contributed by atoms with Crippen molar-refractivity contribution in [2.75, 3.05) is 11.9 Å². The molecule has 4 aromatic rings. The number of carbonyl (C=O) groups excluding carboxylic acids is 1. The normalized spacial score (nSPS) is 12.3. The summed E-state index contributed by atoms with van der Waals surface area (Å²) in [4.78, 5) is 14.6. The number of aromatic nitrogens is 2. The molecule has 0 saturated carbocycles. The minimum atomic E-state index is -4.14. The summed E-state index contributed by atoms with van der Waals surface area (Å²) in [5, 5.41) is 3.99. The van der Waals surface area contributed by atoms with E-state index in [0.29, 0.717) is 5.69 Å². The third-order valence-electron chi connectivity index (χ3n) is 5.32. The Morgan fingerprint density at radius 1 is 1.00 bits per heavy atom. The zero-order valence-corrected chi connectivity index (χ0v) is 19.2. The van der Waals surface area contributed by atoms with Crippen LogP contribution in [0.3, 0.4) is 0 Å². The molecule has 9 heteroatoms. The van der Waals surface area contributed by atoms with Gasteiger partial charge < -0.3 is 4.90 Å². The van der Waals surface area contributed by atoms with Gasteiger partial charge in [0.2, 0.25) is 15.9 Å². The van der Waals surface area contributed by atoms with E-state index in [9.17, 15) is 17.6 Å². The standard InChI is InChI=1S/C25H23FN4O3S/c1-29(20-12-6-3-7-13-20)25(31)23(16-19-10-4-2-5-11-19)28-34(32,33)21-17-27-30(18-21)24-15-9-8-14-22(24)26/h2-15,17-18,23,28H,16H2,1H3/t23-/m0/s1. The fraction of sp³-hybridized carbons (Fsp3) is 0.120. The number of benzene rings is 3. The first-order valence-electron chi connectivity index (χ1n) is 10.5. The summed E-state index contributed by atoms with van der Waals surface area (Å²) in [5.74, 6) is -0.954. The highest BCUT2D eigenvalue weighted by Crippen LogP contribution is 2.18. The van der Waals surface area contributed by atoms with Crippen LogP contribution in [0.5, 0.6) is 0 Å². The maximum absolute atomic E-state index is 14.1. The monoisotopic (exact) mass is 478 g/mol. The summed E-state index contributed by atoms with van der Waals surface area (Å²) < 4.78 is 44.2. The minimum absolute atomic E-state index is 0.115. The van der Waals surface area contributed by atoms with Crippen molar-refractivity contribution in [2.45, 2.75) is 17.4 Å². The van der Waals surface area contributed by atoms with Crippen LogP contribution in [0.2, 0.25) is 0 Å². The molecule has 0 aliphatic carbocycles. The Bertz CT molecular complexity index is 1380. The van der Waals surface area contributed by atoms with Gasteiger partial charge in [0.1, 0.15) is 22.4 Å². The third kappa shape index (κ3) is 5.22. The van der Waals surface area contributed by atoms with E-state index < -0.39 is 27.8 Å². The van der Waals surface area contributed by atoms with Crippen molar-refractivity contribution in [1.29, 1.82) is 0 Å². The van der Waals surface area contributed by atoms with E-state index in [4.69, 9.17) is 0 Å². The first kappa shape index (κ1) is 23.3. The Balaban J connectivity index is 1.63. The minimum Gasteiger partial charge on any atom is -0.314 e. The molecule has 7 nitrogen and oxygen atoms in total. The molecule has 1 atom stereocenters. The molecule has 1 N–H and O–H groups in total. The summed E-state index contributed by atoms with van der Waals surface area (Å²) in [6, 6.07) is 22.9. The van der Waals surface area contributed by atoms with Crippen LogP contribution in [0.15, 0.2) is 102 Å². The number of amides is 1. The van der Waals surface area contributed by atoms with Crippen molar-refractivity contribution in [3.05, 3.63) is 109 Å². The smallest absolute Gasteiger partial charge is 0.245 e. The third-order valence-corrected chi connectivity index (χ3v) is 6.75. The molecule has 3 aromatic carbocycles. The van der Waals surface area contributed by atoms with E-state index in [2.05, 4.69) is 9.82 Å². The number of para-hydroxylation sites is 2. The van der Waals surface area contributed by atoms with Crippen molar-refractivity contribution in [1.82, 2.24) is 14.5 Å². The Kier molecular flexibility index (Phi) is 6.85. The maximum atomic E-state index is 14.1. The van der Waals surface area contributed by atoms with E-state index >= 15 is 0 Å². The quantitative estimate of drug-likeness (QED) is 0.420. The fourth-order valence-electron chi connectivity index (χ4n) is 3.51. The number of halogens is 1. The van der Waals surface area contributed by atoms with Crippen LogP contribution < -0.4 is 9.62 Å². The van der Waals surface area contributed by atoms with Crippen molar-refractivity contribution >= 4 is 21.6 Å². The molecule has 0 fully saturated rings. The molecular formula is C25H23FN4O3S. The number of nitrogens with zero attached hydrogens (tertiary/aromatic N) is 3. The zero-order valence-electron chi connectivity index (χ0n) is 18.4. The lowest BCUT2D eigenvalue weighted by Crippen LogP contribution is -2.48. The highest BCUT2D eigenvalue weighted by Gasteiger charge is 2.30. The lowest BCUT2D eigenvalue weighted by Gasteiger charge is -2.24. The average Bonchev–Trinajstić information content (AvgIpc) is 3.35. The number of likely N-dealkylation sites (N-methyl/N-ethyl adjacent to an activating group) is 1. The van der Waals surface area contributed by atoms with E-state index in [1.807, 2.05) is 36.4 Å². The van der Waals surface area contributed by atoms with Gasteiger partial charge in [0.25, 0.3) is 0 Å². The summed E-state index contributed by atoms with van der Waals surface area (Å²) in [5.41, 5.74) is 1.55. The van der Waals surface area contributed by atoms with Gasteiger partial charge in [-0.15, -0.1) is 0 Å². The second-order valence-electron chi connectivity index (χ2n) is 7.67. The maximum Gasteiger partial charge on any atom is 0.245 e. The number of anilines is 1. The highest BCUT2D eigenvalue weighted by atomic mass is 32.2. The first-order valence-corrected chi connectivity index (χ1v) is 12.0. The largest absolute Gasteiger partial charge is 0.314 e. The lowest BCUT2D eigenvalue weighted by atomic mass is 10.1. The molecule has 0 bridgehead atoms. The predicted octanol–water partition coefficient (Wildman–Crippen LogP) is 3.56. The molecule has 4 rings (SSSR count). The van der Waals surface area contributed by atoms with Gasteiger partial charge in [0.15, 0.2) is 0 Å². The van der Waals surface area contributed by atoms with Gasteiger partial charge in [0, 0.05) is 12.7 Å². The van der Waals surface area contributed by atoms with Crippen LogP contribution >= 0.6 is 0 Å². The summed E-state index contributed by atoms with van der Waals surface area (Å²) >= 11 is 0. The molecule has 1 amide bonds. The topological polar surface area (TPSA) is 84.3 Å². The Labute approximate surface area is 197 Å². The van der Waals surface area contributed by atoms with Gasteiger partial charge in [-0.05, 0) is 36.2 Å². The molecule has 0 radical (unpaired) electrons. The first-order chi connectivity index (χ1) is 16.3. The zero-order chi connectivity index (χ0) is 24.1. The summed E-state index contributed by atoms with van der Waals surface area (Å²) in [7, 11) is -2.55. The van der Waals surface area contributed by atoms with E-state index in [-0.39, 0.29) is 17.0 Å². The van der Waals surface area contributed by atoms with Gasteiger partial charge >= 0.3 is 0 Å². The number of hydrogen-bond acceptors (Lipinski definition) is 4. The predicted molar refractivity (Wildman–Crippen MR) is 128 cm³/mol. The van der Waals surface area contributed by atoms with Crippen molar-refractivity contribution in [3.8, 4) is 5.69 Å². The van der Waals surface area contributed by atoms with Crippen LogP contribution in [-0.2, 0) is 21.2 Å². The Morgan fingerprint density at radius 3 is 2.29 bits per heavy atom. The molecule has 1 heterocycles. The Morgan fingerprint density at radius 2 is 1.62 bits per heavy atom. The van der Waals surface area contributed by atoms with Gasteiger partial charge in [-0.3, -0.25) is 4.79 Å². The van der Waals surface area contributed by atoms with Crippen LogP contribution in [0.4, 0.5) is 10.1 Å². The molecule has 34 heavy (non-hydrogen) atoms. The molecule has 0 aliphatic rings. The van der Waals surface area contributed by atoms with Crippen LogP contribution in [0.1, 0.15) is 5.56 Å².